The van der Waals surface area contributed by atoms with Crippen LogP contribution >= 0.6 is 0 Å². The first-order chi connectivity index (χ1) is 17.0. The number of hydrogen-bond donors (Lipinski definition) is 4. The van der Waals surface area contributed by atoms with Crippen molar-refractivity contribution < 1.29 is 30.0 Å². The molecule has 1 amide bonds. The maximum absolute atomic E-state index is 12.9. The second-order valence-corrected chi connectivity index (χ2v) is 13.6. The van der Waals surface area contributed by atoms with Crippen LogP contribution in [0.4, 0.5) is 0 Å². The van der Waals surface area contributed by atoms with Gasteiger partial charge in [0.2, 0.25) is 5.91 Å². The number of nitrogens with zero attached hydrogens (tertiary/aromatic N) is 1. The Balaban J connectivity index is 1.29. The minimum absolute atomic E-state index is 0.0585. The summed E-state index contributed by atoms with van der Waals surface area (Å²) >= 11 is 0. The van der Waals surface area contributed by atoms with Gasteiger partial charge >= 0.3 is 5.97 Å². The van der Waals surface area contributed by atoms with Crippen molar-refractivity contribution in [3.8, 4) is 0 Å². The van der Waals surface area contributed by atoms with Gasteiger partial charge < -0.3 is 25.3 Å². The molecule has 1 saturated heterocycles. The van der Waals surface area contributed by atoms with Crippen LogP contribution in [0, 0.1) is 46.3 Å². The molecular weight excluding hydrogens is 458 g/mol. The molecule has 0 aromatic heterocycles. The number of fused-ring (bicyclic) bond motifs is 5. The van der Waals surface area contributed by atoms with Gasteiger partial charge in [-0.15, -0.1) is 0 Å². The van der Waals surface area contributed by atoms with E-state index in [2.05, 4.69) is 20.8 Å². The maximum atomic E-state index is 12.9. The highest BCUT2D eigenvalue weighted by molar-refractivity contribution is 5.84. The molecule has 0 aromatic rings. The van der Waals surface area contributed by atoms with E-state index < -0.39 is 18.1 Å². The van der Waals surface area contributed by atoms with Crippen LogP contribution in [0.25, 0.3) is 0 Å². The zero-order chi connectivity index (χ0) is 26.0. The Hall–Kier alpha value is -1.18. The van der Waals surface area contributed by atoms with Crippen LogP contribution in [0.5, 0.6) is 0 Å². The van der Waals surface area contributed by atoms with Gasteiger partial charge in [-0.25, -0.2) is 4.79 Å². The lowest BCUT2D eigenvalue weighted by atomic mass is 9.43. The molecule has 5 rings (SSSR count). The fourth-order valence-electron chi connectivity index (χ4n) is 10.1. The topological polar surface area (TPSA) is 118 Å². The fourth-order valence-corrected chi connectivity index (χ4v) is 10.1. The van der Waals surface area contributed by atoms with Crippen molar-refractivity contribution in [3.63, 3.8) is 0 Å². The Bertz CT molecular complexity index is 865. The first kappa shape index (κ1) is 26.4. The van der Waals surface area contributed by atoms with E-state index in [0.29, 0.717) is 38.1 Å². The summed E-state index contributed by atoms with van der Waals surface area (Å²) in [7, 11) is 0. The van der Waals surface area contributed by atoms with Gasteiger partial charge in [0.05, 0.1) is 18.3 Å². The highest BCUT2D eigenvalue weighted by atomic mass is 16.4. The third-order valence-corrected chi connectivity index (χ3v) is 12.2. The molecule has 7 heteroatoms. The summed E-state index contributed by atoms with van der Waals surface area (Å²) in [5.74, 6) is 0.618. The standard InChI is InChI=1S/C29H47NO6/c1-16(6-9-25(34)30-12-4-5-22(30)27(35)36)19-7-8-20-26-21(15-24(33)29(19,20)3)28(2)11-10-18(31)13-17(28)14-23(26)32/h16-24,26,31-33H,4-15H2,1-3H3,(H,35,36)/t16-,17+,18-,19-,20+,21+,22?,23-,24+,26+,28+,29-/m1/s1. The van der Waals surface area contributed by atoms with Crippen molar-refractivity contribution in [1.82, 2.24) is 4.90 Å². The lowest BCUT2D eigenvalue weighted by molar-refractivity contribution is -0.207. The van der Waals surface area contributed by atoms with Crippen molar-refractivity contribution >= 4 is 11.9 Å². The predicted molar refractivity (Wildman–Crippen MR) is 135 cm³/mol. The smallest absolute Gasteiger partial charge is 0.326 e. The summed E-state index contributed by atoms with van der Waals surface area (Å²) in [4.78, 5) is 26.0. The molecule has 0 spiro atoms. The van der Waals surface area contributed by atoms with E-state index in [9.17, 15) is 30.0 Å². The van der Waals surface area contributed by atoms with Crippen LogP contribution in [0.15, 0.2) is 0 Å². The van der Waals surface area contributed by atoms with Gasteiger partial charge in [-0.2, -0.15) is 0 Å². The summed E-state index contributed by atoms with van der Waals surface area (Å²) in [6.45, 7) is 7.32. The number of carbonyl (C=O) groups is 2. The molecule has 12 atom stereocenters. The number of aliphatic hydroxyl groups is 3. The molecule has 4 saturated carbocycles. The lowest BCUT2D eigenvalue weighted by Gasteiger charge is -2.63. The molecule has 0 radical (unpaired) electrons. The number of carbonyl (C=O) groups excluding carboxylic acids is 1. The van der Waals surface area contributed by atoms with Crippen LogP contribution in [-0.4, -0.2) is 68.1 Å². The molecule has 4 N–H and O–H groups in total. The number of amides is 1. The molecule has 5 aliphatic rings. The Kier molecular flexibility index (Phi) is 7.00. The summed E-state index contributed by atoms with van der Waals surface area (Å²) in [5.41, 5.74) is -0.211. The zero-order valence-electron chi connectivity index (χ0n) is 22.3. The molecule has 1 aliphatic heterocycles. The third-order valence-electron chi connectivity index (χ3n) is 12.2. The maximum Gasteiger partial charge on any atom is 0.326 e. The molecular formula is C29H47NO6. The Morgan fingerprint density at radius 2 is 1.75 bits per heavy atom. The Labute approximate surface area is 215 Å². The van der Waals surface area contributed by atoms with Gasteiger partial charge in [-0.05, 0) is 111 Å². The van der Waals surface area contributed by atoms with E-state index in [1.165, 1.54) is 0 Å². The van der Waals surface area contributed by atoms with E-state index in [-0.39, 0.29) is 58.5 Å². The van der Waals surface area contributed by atoms with E-state index in [4.69, 9.17) is 0 Å². The van der Waals surface area contributed by atoms with Gasteiger partial charge in [0.1, 0.15) is 6.04 Å². The highest BCUT2D eigenvalue weighted by Gasteiger charge is 2.65. The van der Waals surface area contributed by atoms with Gasteiger partial charge in [0.25, 0.3) is 0 Å². The summed E-state index contributed by atoms with van der Waals surface area (Å²) < 4.78 is 0. The molecule has 36 heavy (non-hydrogen) atoms. The molecule has 0 aromatic carbocycles. The number of carboxylic acids is 1. The van der Waals surface area contributed by atoms with E-state index in [1.807, 2.05) is 0 Å². The Morgan fingerprint density at radius 1 is 1.00 bits per heavy atom. The first-order valence-corrected chi connectivity index (χ1v) is 14.5. The van der Waals surface area contributed by atoms with E-state index >= 15 is 0 Å². The molecule has 1 unspecified atom stereocenters. The normalized spacial score (nSPS) is 49.2. The van der Waals surface area contributed by atoms with Crippen LogP contribution in [-0.2, 0) is 9.59 Å². The molecule has 7 nitrogen and oxygen atoms in total. The average Bonchev–Trinajstić information content (AvgIpc) is 3.45. The van der Waals surface area contributed by atoms with Gasteiger partial charge in [-0.1, -0.05) is 20.8 Å². The summed E-state index contributed by atoms with van der Waals surface area (Å²) in [6, 6.07) is -0.683. The van der Waals surface area contributed by atoms with Gasteiger partial charge in [0, 0.05) is 13.0 Å². The second-order valence-electron chi connectivity index (χ2n) is 13.6. The molecule has 204 valence electrons. The SMILES string of the molecule is C[C@H](CCC(=O)N1CCCC1C(=O)O)[C@H]1CC[C@H]2[C@@H]3[C@H](O)C[C@@H]4C[C@H](O)CC[C@]4(C)[C@H]3C[C@H](O)[C@]12C. The number of hydrogen-bond acceptors (Lipinski definition) is 5. The van der Waals surface area contributed by atoms with Crippen molar-refractivity contribution in [2.24, 2.45) is 46.3 Å². The van der Waals surface area contributed by atoms with Crippen LogP contribution in [0.2, 0.25) is 0 Å². The minimum Gasteiger partial charge on any atom is -0.480 e. The highest BCUT2D eigenvalue weighted by Crippen LogP contribution is 2.68. The predicted octanol–water partition coefficient (Wildman–Crippen LogP) is 3.44. The molecule has 4 aliphatic carbocycles. The third kappa shape index (κ3) is 4.03. The van der Waals surface area contributed by atoms with Crippen LogP contribution in [0.3, 0.4) is 0 Å². The number of likely N-dealkylation sites (tertiary alicyclic amines) is 1. The monoisotopic (exact) mass is 505 g/mol. The first-order valence-electron chi connectivity index (χ1n) is 14.5. The van der Waals surface area contributed by atoms with Crippen LogP contribution in [0.1, 0.15) is 91.4 Å². The van der Waals surface area contributed by atoms with E-state index in [0.717, 1.165) is 44.9 Å². The largest absolute Gasteiger partial charge is 0.480 e. The number of carboxylic acid groups (broad SMARTS) is 1. The van der Waals surface area contributed by atoms with Crippen molar-refractivity contribution in [1.29, 1.82) is 0 Å². The molecule has 1 heterocycles. The Morgan fingerprint density at radius 3 is 2.47 bits per heavy atom. The van der Waals surface area contributed by atoms with Gasteiger partial charge in [-0.3, -0.25) is 4.79 Å². The zero-order valence-corrected chi connectivity index (χ0v) is 22.3. The number of rotatable bonds is 5. The number of aliphatic hydroxyl groups excluding tert-OH is 3. The fraction of sp³-hybridized carbons (Fsp3) is 0.931. The molecule has 0 bridgehead atoms. The van der Waals surface area contributed by atoms with Crippen molar-refractivity contribution in [2.75, 3.05) is 6.54 Å². The lowest BCUT2D eigenvalue weighted by Crippen LogP contribution is -2.62. The average molecular weight is 506 g/mol. The van der Waals surface area contributed by atoms with Gasteiger partial charge in [0.15, 0.2) is 0 Å². The quantitative estimate of drug-likeness (QED) is 0.455. The molecule has 5 fully saturated rings. The minimum atomic E-state index is -0.908. The van der Waals surface area contributed by atoms with Crippen molar-refractivity contribution in [3.05, 3.63) is 0 Å². The van der Waals surface area contributed by atoms with Crippen molar-refractivity contribution in [2.45, 2.75) is 116 Å². The van der Waals surface area contributed by atoms with E-state index in [1.54, 1.807) is 4.90 Å². The van der Waals surface area contributed by atoms with Crippen LogP contribution < -0.4 is 0 Å². The number of aliphatic carboxylic acids is 1. The second kappa shape index (κ2) is 9.53. The summed E-state index contributed by atoms with van der Waals surface area (Å²) in [5, 5.41) is 42.9. The summed E-state index contributed by atoms with van der Waals surface area (Å²) in [6.07, 6.45) is 7.30.